The Balaban J connectivity index is 1.68. The number of halogens is 4. The van der Waals surface area contributed by atoms with Crippen LogP contribution in [0.15, 0.2) is 54.7 Å². The topological polar surface area (TPSA) is 64.1 Å². The van der Waals surface area contributed by atoms with Crippen LogP contribution in [-0.4, -0.2) is 15.9 Å². The van der Waals surface area contributed by atoms with E-state index in [9.17, 15) is 18.0 Å². The highest BCUT2D eigenvalue weighted by molar-refractivity contribution is 6.30. The standard InChI is InChI=1S/C19H13ClF3N3O2/c1-11-15(7-8-16(25-11)19(21,22)23)18(27)26-13-4-9-17(24-10-13)28-14-5-2-12(20)3-6-14/h2-10H,1H3,(H,26,27). The lowest BCUT2D eigenvalue weighted by Crippen LogP contribution is -2.16. The van der Waals surface area contributed by atoms with Crippen molar-refractivity contribution in [2.24, 2.45) is 0 Å². The molecule has 3 aromatic rings. The second-order valence-electron chi connectivity index (χ2n) is 5.72. The number of nitrogens with one attached hydrogen (secondary N) is 1. The summed E-state index contributed by atoms with van der Waals surface area (Å²) in [5, 5.41) is 3.14. The van der Waals surface area contributed by atoms with Gasteiger partial charge < -0.3 is 10.1 Å². The summed E-state index contributed by atoms with van der Waals surface area (Å²) in [6, 6.07) is 11.7. The highest BCUT2D eigenvalue weighted by Crippen LogP contribution is 2.28. The normalized spacial score (nSPS) is 11.2. The third-order valence-electron chi connectivity index (χ3n) is 3.65. The SMILES string of the molecule is Cc1nc(C(F)(F)F)ccc1C(=O)Nc1ccc(Oc2ccc(Cl)cc2)nc1. The van der Waals surface area contributed by atoms with E-state index in [-0.39, 0.29) is 11.3 Å². The minimum Gasteiger partial charge on any atom is -0.439 e. The average molecular weight is 408 g/mol. The number of pyridine rings is 2. The van der Waals surface area contributed by atoms with Gasteiger partial charge in [-0.2, -0.15) is 13.2 Å². The first-order chi connectivity index (χ1) is 13.2. The molecule has 2 aromatic heterocycles. The molecule has 0 unspecified atom stereocenters. The van der Waals surface area contributed by atoms with E-state index in [2.05, 4.69) is 15.3 Å². The van der Waals surface area contributed by atoms with E-state index in [0.717, 1.165) is 12.1 Å². The van der Waals surface area contributed by atoms with Crippen LogP contribution in [0, 0.1) is 6.92 Å². The number of ether oxygens (including phenoxy) is 1. The highest BCUT2D eigenvalue weighted by Gasteiger charge is 2.33. The lowest BCUT2D eigenvalue weighted by atomic mass is 10.1. The van der Waals surface area contributed by atoms with E-state index < -0.39 is 17.8 Å². The summed E-state index contributed by atoms with van der Waals surface area (Å²) in [7, 11) is 0. The van der Waals surface area contributed by atoms with Crippen LogP contribution in [0.25, 0.3) is 0 Å². The van der Waals surface area contributed by atoms with Crippen molar-refractivity contribution in [3.05, 3.63) is 76.7 Å². The molecule has 3 rings (SSSR count). The highest BCUT2D eigenvalue weighted by atomic mass is 35.5. The predicted molar refractivity (Wildman–Crippen MR) is 97.7 cm³/mol. The molecule has 0 bridgehead atoms. The third kappa shape index (κ3) is 4.77. The van der Waals surface area contributed by atoms with Gasteiger partial charge in [-0.25, -0.2) is 9.97 Å². The van der Waals surface area contributed by atoms with Crippen LogP contribution in [0.3, 0.4) is 0 Å². The van der Waals surface area contributed by atoms with E-state index in [1.807, 2.05) is 0 Å². The Morgan fingerprint density at radius 1 is 1.07 bits per heavy atom. The van der Waals surface area contributed by atoms with Gasteiger partial charge in [-0.15, -0.1) is 0 Å². The summed E-state index contributed by atoms with van der Waals surface area (Å²) < 4.78 is 43.6. The number of nitrogens with zero attached hydrogens (tertiary/aromatic N) is 2. The molecule has 0 radical (unpaired) electrons. The summed E-state index contributed by atoms with van der Waals surface area (Å²) in [5.41, 5.74) is -0.683. The molecule has 1 aromatic carbocycles. The minimum absolute atomic E-state index is 0.0250. The Morgan fingerprint density at radius 2 is 1.79 bits per heavy atom. The van der Waals surface area contributed by atoms with E-state index in [1.165, 1.54) is 13.1 Å². The van der Waals surface area contributed by atoms with Gasteiger partial charge in [0.25, 0.3) is 5.91 Å². The number of aromatic nitrogens is 2. The summed E-state index contributed by atoms with van der Waals surface area (Å²) in [6.07, 6.45) is -3.19. The zero-order chi connectivity index (χ0) is 20.3. The zero-order valence-corrected chi connectivity index (χ0v) is 15.2. The molecule has 0 spiro atoms. The fourth-order valence-corrected chi connectivity index (χ4v) is 2.42. The zero-order valence-electron chi connectivity index (χ0n) is 14.4. The molecule has 1 N–H and O–H groups in total. The quantitative estimate of drug-likeness (QED) is 0.620. The van der Waals surface area contributed by atoms with Crippen LogP contribution in [-0.2, 0) is 6.18 Å². The number of alkyl halides is 3. The lowest BCUT2D eigenvalue weighted by molar-refractivity contribution is -0.141. The van der Waals surface area contributed by atoms with Crippen molar-refractivity contribution in [1.82, 2.24) is 9.97 Å². The second kappa shape index (κ2) is 7.85. The molecular formula is C19H13ClF3N3O2. The number of aryl methyl sites for hydroxylation is 1. The lowest BCUT2D eigenvalue weighted by Gasteiger charge is -2.11. The van der Waals surface area contributed by atoms with E-state index in [0.29, 0.717) is 22.3 Å². The summed E-state index contributed by atoms with van der Waals surface area (Å²) >= 11 is 5.80. The van der Waals surface area contributed by atoms with Crippen LogP contribution in [0.5, 0.6) is 11.6 Å². The van der Waals surface area contributed by atoms with Gasteiger partial charge in [0.2, 0.25) is 5.88 Å². The Morgan fingerprint density at radius 3 is 2.36 bits per heavy atom. The molecule has 144 valence electrons. The molecule has 5 nitrogen and oxygen atoms in total. The fourth-order valence-electron chi connectivity index (χ4n) is 2.30. The molecule has 1 amide bonds. The fraction of sp³-hybridized carbons (Fsp3) is 0.105. The molecule has 0 saturated heterocycles. The minimum atomic E-state index is -4.57. The molecule has 0 aliphatic heterocycles. The number of carbonyl (C=O) groups is 1. The second-order valence-corrected chi connectivity index (χ2v) is 6.16. The Kier molecular flexibility index (Phi) is 5.51. The van der Waals surface area contributed by atoms with E-state index in [4.69, 9.17) is 16.3 Å². The van der Waals surface area contributed by atoms with Crippen molar-refractivity contribution in [3.8, 4) is 11.6 Å². The molecular weight excluding hydrogens is 395 g/mol. The molecule has 0 saturated carbocycles. The van der Waals surface area contributed by atoms with Gasteiger partial charge in [0.1, 0.15) is 11.4 Å². The molecule has 0 fully saturated rings. The summed E-state index contributed by atoms with van der Waals surface area (Å²) in [6.45, 7) is 1.34. The van der Waals surface area contributed by atoms with Crippen molar-refractivity contribution >= 4 is 23.2 Å². The van der Waals surface area contributed by atoms with Crippen LogP contribution in [0.2, 0.25) is 5.02 Å². The molecule has 0 aliphatic carbocycles. The van der Waals surface area contributed by atoms with Crippen LogP contribution in [0.1, 0.15) is 21.7 Å². The molecule has 0 atom stereocenters. The van der Waals surface area contributed by atoms with Gasteiger partial charge in [0.15, 0.2) is 0 Å². The number of amides is 1. The monoisotopic (exact) mass is 407 g/mol. The van der Waals surface area contributed by atoms with Crippen molar-refractivity contribution in [2.75, 3.05) is 5.32 Å². The maximum absolute atomic E-state index is 12.7. The Bertz CT molecular complexity index is 991. The van der Waals surface area contributed by atoms with Gasteiger partial charge in [-0.1, -0.05) is 11.6 Å². The maximum atomic E-state index is 12.7. The largest absolute Gasteiger partial charge is 0.439 e. The number of hydrogen-bond acceptors (Lipinski definition) is 4. The number of carbonyl (C=O) groups excluding carboxylic acids is 1. The smallest absolute Gasteiger partial charge is 0.433 e. The van der Waals surface area contributed by atoms with Crippen molar-refractivity contribution in [2.45, 2.75) is 13.1 Å². The van der Waals surface area contributed by atoms with Gasteiger partial charge in [-0.3, -0.25) is 4.79 Å². The average Bonchev–Trinajstić information content (AvgIpc) is 2.64. The maximum Gasteiger partial charge on any atom is 0.433 e. The number of anilines is 1. The predicted octanol–water partition coefficient (Wildman–Crippen LogP) is 5.50. The van der Waals surface area contributed by atoms with Crippen LogP contribution < -0.4 is 10.1 Å². The van der Waals surface area contributed by atoms with Gasteiger partial charge in [-0.05, 0) is 49.4 Å². The van der Waals surface area contributed by atoms with Crippen LogP contribution >= 0.6 is 11.6 Å². The molecule has 2 heterocycles. The first-order valence-electron chi connectivity index (χ1n) is 7.98. The van der Waals surface area contributed by atoms with E-state index >= 15 is 0 Å². The van der Waals surface area contributed by atoms with E-state index in [1.54, 1.807) is 36.4 Å². The van der Waals surface area contributed by atoms with Crippen LogP contribution in [0.4, 0.5) is 18.9 Å². The number of hydrogen-bond donors (Lipinski definition) is 1. The Labute approximate surface area is 163 Å². The van der Waals surface area contributed by atoms with Gasteiger partial charge in [0.05, 0.1) is 23.1 Å². The van der Waals surface area contributed by atoms with Crippen molar-refractivity contribution in [1.29, 1.82) is 0 Å². The third-order valence-corrected chi connectivity index (χ3v) is 3.90. The first-order valence-corrected chi connectivity index (χ1v) is 8.36. The van der Waals surface area contributed by atoms with Gasteiger partial charge in [0, 0.05) is 11.1 Å². The van der Waals surface area contributed by atoms with Crippen molar-refractivity contribution in [3.63, 3.8) is 0 Å². The number of rotatable bonds is 4. The number of benzene rings is 1. The summed E-state index contributed by atoms with van der Waals surface area (Å²) in [4.78, 5) is 19.8. The van der Waals surface area contributed by atoms with Crippen molar-refractivity contribution < 1.29 is 22.7 Å². The summed E-state index contributed by atoms with van der Waals surface area (Å²) in [5.74, 6) is 0.250. The molecule has 28 heavy (non-hydrogen) atoms. The molecule has 9 heteroatoms. The first kappa shape index (κ1) is 19.6. The molecule has 0 aliphatic rings. The van der Waals surface area contributed by atoms with Gasteiger partial charge >= 0.3 is 6.18 Å². The Hall–Kier alpha value is -3.13.